The zero-order valence-corrected chi connectivity index (χ0v) is 11.4. The van der Waals surface area contributed by atoms with Crippen LogP contribution < -0.4 is 5.73 Å². The van der Waals surface area contributed by atoms with E-state index in [1.54, 1.807) is 4.90 Å². The first-order valence-electron chi connectivity index (χ1n) is 7.08. The predicted octanol–water partition coefficient (Wildman–Crippen LogP) is 1.18. The van der Waals surface area contributed by atoms with Gasteiger partial charge in [0.15, 0.2) is 12.1 Å². The highest BCUT2D eigenvalue weighted by Gasteiger charge is 2.44. The van der Waals surface area contributed by atoms with Crippen molar-refractivity contribution in [2.75, 3.05) is 13.1 Å². The molecule has 1 aliphatic carbocycles. The monoisotopic (exact) mass is 277 g/mol. The number of primary amides is 1. The van der Waals surface area contributed by atoms with Crippen molar-refractivity contribution in [2.24, 2.45) is 17.1 Å². The van der Waals surface area contributed by atoms with Crippen LogP contribution >= 0.6 is 0 Å². The molecule has 0 atom stereocenters. The Balaban J connectivity index is 1.65. The lowest BCUT2D eigenvalue weighted by molar-refractivity contribution is -0.131. The fourth-order valence-electron chi connectivity index (χ4n) is 3.04. The van der Waals surface area contributed by atoms with Crippen molar-refractivity contribution in [3.8, 4) is 0 Å². The smallest absolute Gasteiger partial charge is 0.275 e. The summed E-state index contributed by atoms with van der Waals surface area (Å²) in [6.07, 6.45) is 7.20. The lowest BCUT2D eigenvalue weighted by Crippen LogP contribution is -2.49. The number of nitrogens with zero attached hydrogens (tertiary/aromatic N) is 2. The Morgan fingerprint density at radius 2 is 2.10 bits per heavy atom. The van der Waals surface area contributed by atoms with Gasteiger partial charge in [0, 0.05) is 13.1 Å². The largest absolute Gasteiger partial charge is 0.451 e. The Labute approximate surface area is 117 Å². The number of carbonyl (C=O) groups excluding carboxylic acids is 2. The molecule has 2 heterocycles. The summed E-state index contributed by atoms with van der Waals surface area (Å²) in [7, 11) is 0. The summed E-state index contributed by atoms with van der Waals surface area (Å²) in [6.45, 7) is 1.11. The molecule has 1 saturated carbocycles. The molecule has 0 radical (unpaired) electrons. The Bertz CT molecular complexity index is 500. The van der Waals surface area contributed by atoms with Crippen LogP contribution in [0.4, 0.5) is 0 Å². The van der Waals surface area contributed by atoms with E-state index in [0.717, 1.165) is 6.42 Å². The molecule has 20 heavy (non-hydrogen) atoms. The highest BCUT2D eigenvalue weighted by molar-refractivity contribution is 5.92. The molecule has 1 aromatic rings. The van der Waals surface area contributed by atoms with Crippen LogP contribution in [0.25, 0.3) is 0 Å². The number of oxazole rings is 1. The topological polar surface area (TPSA) is 89.4 Å². The second-order valence-corrected chi connectivity index (χ2v) is 5.96. The lowest BCUT2D eigenvalue weighted by atomic mass is 9.73. The molecule has 0 unspecified atom stereocenters. The van der Waals surface area contributed by atoms with Crippen LogP contribution in [0.3, 0.4) is 0 Å². The van der Waals surface area contributed by atoms with Crippen LogP contribution in [0.2, 0.25) is 0 Å². The van der Waals surface area contributed by atoms with Gasteiger partial charge >= 0.3 is 0 Å². The van der Waals surface area contributed by atoms with Crippen molar-refractivity contribution in [1.82, 2.24) is 9.88 Å². The Kier molecular flexibility index (Phi) is 3.23. The highest BCUT2D eigenvalue weighted by atomic mass is 16.3. The molecule has 2 amide bonds. The second-order valence-electron chi connectivity index (χ2n) is 5.96. The number of nitrogens with two attached hydrogens (primary N) is 1. The summed E-state index contributed by atoms with van der Waals surface area (Å²) in [6, 6.07) is 0. The first-order valence-corrected chi connectivity index (χ1v) is 7.08. The van der Waals surface area contributed by atoms with Crippen molar-refractivity contribution in [3.63, 3.8) is 0 Å². The molecule has 2 fully saturated rings. The molecule has 6 heteroatoms. The van der Waals surface area contributed by atoms with Crippen LogP contribution in [0.1, 0.15) is 42.6 Å². The second kappa shape index (κ2) is 4.92. The Morgan fingerprint density at radius 3 is 2.60 bits per heavy atom. The van der Waals surface area contributed by atoms with Gasteiger partial charge in [-0.1, -0.05) is 12.8 Å². The van der Waals surface area contributed by atoms with Gasteiger partial charge in [-0.2, -0.15) is 0 Å². The lowest BCUT2D eigenvalue weighted by Gasteiger charge is -2.39. The third kappa shape index (κ3) is 2.42. The minimum Gasteiger partial charge on any atom is -0.451 e. The normalized spacial score (nSPS) is 21.7. The number of carbonyl (C=O) groups is 2. The number of hydrogen-bond donors (Lipinski definition) is 1. The molecule has 2 aliphatic rings. The van der Waals surface area contributed by atoms with E-state index < -0.39 is 5.41 Å². The SMILES string of the molecule is NC(=O)C1(CC2CC2)CCN(C(=O)c2cocn2)CC1. The third-order valence-corrected chi connectivity index (χ3v) is 4.56. The predicted molar refractivity (Wildman–Crippen MR) is 70.6 cm³/mol. The van der Waals surface area contributed by atoms with E-state index in [4.69, 9.17) is 10.2 Å². The van der Waals surface area contributed by atoms with Crippen molar-refractivity contribution in [1.29, 1.82) is 0 Å². The first-order chi connectivity index (χ1) is 9.61. The zero-order chi connectivity index (χ0) is 14.2. The summed E-state index contributed by atoms with van der Waals surface area (Å²) in [5, 5.41) is 0. The van der Waals surface area contributed by atoms with Crippen molar-refractivity contribution in [3.05, 3.63) is 18.4 Å². The summed E-state index contributed by atoms with van der Waals surface area (Å²) >= 11 is 0. The molecule has 2 N–H and O–H groups in total. The maximum absolute atomic E-state index is 12.2. The van der Waals surface area contributed by atoms with Gasteiger partial charge in [0.25, 0.3) is 5.91 Å². The number of hydrogen-bond acceptors (Lipinski definition) is 4. The van der Waals surface area contributed by atoms with Gasteiger partial charge in [0.1, 0.15) is 6.26 Å². The molecule has 0 bridgehead atoms. The Hall–Kier alpha value is -1.85. The summed E-state index contributed by atoms with van der Waals surface area (Å²) in [5.41, 5.74) is 5.53. The third-order valence-electron chi connectivity index (χ3n) is 4.56. The molecule has 108 valence electrons. The van der Waals surface area contributed by atoms with Gasteiger partial charge in [-0.15, -0.1) is 0 Å². The van der Waals surface area contributed by atoms with Gasteiger partial charge in [0.2, 0.25) is 5.91 Å². The number of likely N-dealkylation sites (tertiary alicyclic amines) is 1. The quantitative estimate of drug-likeness (QED) is 0.895. The summed E-state index contributed by atoms with van der Waals surface area (Å²) in [4.78, 5) is 29.6. The van der Waals surface area contributed by atoms with E-state index in [0.29, 0.717) is 37.5 Å². The van der Waals surface area contributed by atoms with E-state index in [2.05, 4.69) is 4.98 Å². The molecular weight excluding hydrogens is 258 g/mol. The van der Waals surface area contributed by atoms with Gasteiger partial charge < -0.3 is 15.1 Å². The summed E-state index contributed by atoms with van der Waals surface area (Å²) in [5.74, 6) is 0.307. The van der Waals surface area contributed by atoms with Crippen LogP contribution in [-0.4, -0.2) is 34.8 Å². The minimum absolute atomic E-state index is 0.136. The highest BCUT2D eigenvalue weighted by Crippen LogP contribution is 2.45. The van der Waals surface area contributed by atoms with E-state index >= 15 is 0 Å². The molecule has 1 aliphatic heterocycles. The van der Waals surface area contributed by atoms with Crippen LogP contribution in [0.5, 0.6) is 0 Å². The van der Waals surface area contributed by atoms with Crippen molar-refractivity contribution in [2.45, 2.75) is 32.1 Å². The van der Waals surface area contributed by atoms with Gasteiger partial charge in [0.05, 0.1) is 5.41 Å². The van der Waals surface area contributed by atoms with Crippen LogP contribution in [0, 0.1) is 11.3 Å². The van der Waals surface area contributed by atoms with Gasteiger partial charge in [-0.3, -0.25) is 9.59 Å². The Morgan fingerprint density at radius 1 is 1.40 bits per heavy atom. The number of rotatable bonds is 4. The van der Waals surface area contributed by atoms with Gasteiger partial charge in [-0.25, -0.2) is 4.98 Å². The molecule has 3 rings (SSSR count). The molecule has 1 aromatic heterocycles. The van der Waals surface area contributed by atoms with Crippen molar-refractivity contribution < 1.29 is 14.0 Å². The fraction of sp³-hybridized carbons (Fsp3) is 0.643. The van der Waals surface area contributed by atoms with E-state index in [1.165, 1.54) is 25.5 Å². The average molecular weight is 277 g/mol. The first kappa shape index (κ1) is 13.1. The fourth-order valence-corrected chi connectivity index (χ4v) is 3.04. The maximum atomic E-state index is 12.2. The maximum Gasteiger partial charge on any atom is 0.275 e. The summed E-state index contributed by atoms with van der Waals surface area (Å²) < 4.78 is 4.83. The van der Waals surface area contributed by atoms with Crippen LogP contribution in [0.15, 0.2) is 17.1 Å². The molecule has 0 aromatic carbocycles. The van der Waals surface area contributed by atoms with Crippen molar-refractivity contribution >= 4 is 11.8 Å². The molecule has 1 saturated heterocycles. The van der Waals surface area contributed by atoms with Crippen LogP contribution in [-0.2, 0) is 4.79 Å². The standard InChI is InChI=1S/C14H19N3O3/c15-13(19)14(7-10-1-2-10)3-5-17(6-4-14)12(18)11-8-20-9-16-11/h8-10H,1-7H2,(H2,15,19). The molecular formula is C14H19N3O3. The number of amides is 2. The number of piperidine rings is 1. The minimum atomic E-state index is -0.415. The average Bonchev–Trinajstić information content (AvgIpc) is 3.08. The van der Waals surface area contributed by atoms with E-state index in [1.807, 2.05) is 0 Å². The molecule has 0 spiro atoms. The van der Waals surface area contributed by atoms with Gasteiger partial charge in [-0.05, 0) is 25.2 Å². The molecule has 6 nitrogen and oxygen atoms in total. The van der Waals surface area contributed by atoms with E-state index in [9.17, 15) is 9.59 Å². The zero-order valence-electron chi connectivity index (χ0n) is 11.4. The number of aromatic nitrogens is 1. The van der Waals surface area contributed by atoms with E-state index in [-0.39, 0.29) is 11.8 Å².